The first kappa shape index (κ1) is 24.0. The number of nitrogens with zero attached hydrogens (tertiary/aromatic N) is 2. The van der Waals surface area contributed by atoms with Crippen LogP contribution >= 0.6 is 11.3 Å². The number of pyridine rings is 1. The number of anilines is 1. The summed E-state index contributed by atoms with van der Waals surface area (Å²) < 4.78 is 12.3. The van der Waals surface area contributed by atoms with Gasteiger partial charge < -0.3 is 20.5 Å². The molecule has 0 radical (unpaired) electrons. The molecule has 1 aliphatic heterocycles. The number of rotatable bonds is 8. The molecular formula is C28H28N4O3S. The smallest absolute Gasteiger partial charge is 0.244 e. The van der Waals surface area contributed by atoms with Crippen molar-refractivity contribution in [3.05, 3.63) is 77.8 Å². The van der Waals surface area contributed by atoms with E-state index in [4.69, 9.17) is 15.2 Å². The second kappa shape index (κ2) is 11.3. The maximum atomic E-state index is 12.4. The fourth-order valence-electron chi connectivity index (χ4n) is 4.13. The topological polar surface area (TPSA) is 89.7 Å². The van der Waals surface area contributed by atoms with Gasteiger partial charge in [0, 0.05) is 59.7 Å². The van der Waals surface area contributed by atoms with Gasteiger partial charge in [0.2, 0.25) is 5.91 Å². The highest BCUT2D eigenvalue weighted by Crippen LogP contribution is 2.39. The highest BCUT2D eigenvalue weighted by atomic mass is 32.1. The third kappa shape index (κ3) is 5.73. The van der Waals surface area contributed by atoms with Crippen LogP contribution in [-0.4, -0.2) is 55.2 Å². The fraction of sp³-hybridized carbons (Fsp3) is 0.214. The Hall–Kier alpha value is -3.72. The van der Waals surface area contributed by atoms with Crippen LogP contribution in [0.2, 0.25) is 0 Å². The SMILES string of the molecule is Nc1ncc(C=CC(=O)NCCN2CCOCC2)c2scc(-c3ccc(Oc4ccccc4)cc3)c12. The number of nitrogens with two attached hydrogens (primary N) is 1. The Morgan fingerprint density at radius 1 is 1.11 bits per heavy atom. The quantitative estimate of drug-likeness (QED) is 0.338. The summed E-state index contributed by atoms with van der Waals surface area (Å²) in [7, 11) is 0. The molecule has 0 atom stereocenters. The Kier molecular flexibility index (Phi) is 7.56. The van der Waals surface area contributed by atoms with E-state index in [9.17, 15) is 4.79 Å². The molecule has 2 aromatic carbocycles. The number of morpholine rings is 1. The van der Waals surface area contributed by atoms with Gasteiger partial charge in [-0.2, -0.15) is 0 Å². The average Bonchev–Trinajstić information content (AvgIpc) is 3.36. The van der Waals surface area contributed by atoms with Gasteiger partial charge in [0.25, 0.3) is 0 Å². The molecule has 36 heavy (non-hydrogen) atoms. The van der Waals surface area contributed by atoms with E-state index in [-0.39, 0.29) is 5.91 Å². The summed E-state index contributed by atoms with van der Waals surface area (Å²) in [4.78, 5) is 19.0. The number of benzene rings is 2. The summed E-state index contributed by atoms with van der Waals surface area (Å²) in [5, 5.41) is 5.93. The molecule has 0 spiro atoms. The maximum absolute atomic E-state index is 12.4. The third-order valence-corrected chi connectivity index (χ3v) is 7.07. The molecule has 0 unspecified atom stereocenters. The number of carbonyl (C=O) groups excluding carboxylic acids is 1. The molecule has 1 amide bonds. The third-order valence-electron chi connectivity index (χ3n) is 6.04. The zero-order valence-corrected chi connectivity index (χ0v) is 20.7. The second-order valence-corrected chi connectivity index (χ2v) is 9.35. The molecule has 184 valence electrons. The van der Waals surface area contributed by atoms with Crippen molar-refractivity contribution in [1.82, 2.24) is 15.2 Å². The van der Waals surface area contributed by atoms with Crippen molar-refractivity contribution in [2.24, 2.45) is 0 Å². The van der Waals surface area contributed by atoms with Crippen LogP contribution in [0.4, 0.5) is 5.82 Å². The maximum Gasteiger partial charge on any atom is 0.244 e. The largest absolute Gasteiger partial charge is 0.457 e. The molecule has 8 heteroatoms. The van der Waals surface area contributed by atoms with Crippen molar-refractivity contribution < 1.29 is 14.3 Å². The molecule has 2 aromatic heterocycles. The summed E-state index contributed by atoms with van der Waals surface area (Å²) in [5.41, 5.74) is 9.19. The van der Waals surface area contributed by atoms with Gasteiger partial charge in [0.1, 0.15) is 17.3 Å². The molecule has 1 saturated heterocycles. The van der Waals surface area contributed by atoms with Gasteiger partial charge in [-0.3, -0.25) is 9.69 Å². The molecule has 0 saturated carbocycles. The molecule has 4 aromatic rings. The minimum Gasteiger partial charge on any atom is -0.457 e. The van der Waals surface area contributed by atoms with Crippen LogP contribution in [-0.2, 0) is 9.53 Å². The van der Waals surface area contributed by atoms with E-state index in [2.05, 4.69) is 20.6 Å². The van der Waals surface area contributed by atoms with E-state index in [0.29, 0.717) is 12.4 Å². The average molecular weight is 501 g/mol. The lowest BCUT2D eigenvalue weighted by Gasteiger charge is -2.26. The van der Waals surface area contributed by atoms with Gasteiger partial charge in [0.05, 0.1) is 13.2 Å². The minimum atomic E-state index is -0.126. The summed E-state index contributed by atoms with van der Waals surface area (Å²) in [5.74, 6) is 1.90. The standard InChI is InChI=1S/C28H28N4O3S/c29-28-26-24(20-6-9-23(10-7-20)35-22-4-2-1-3-5-22)19-36-27(26)21(18-31-28)8-11-25(33)30-12-13-32-14-16-34-17-15-32/h1-11,18-19H,12-17H2,(H2,29,31)(H,30,33). The normalized spacial score (nSPS) is 14.3. The highest BCUT2D eigenvalue weighted by Gasteiger charge is 2.14. The number of hydrogen-bond acceptors (Lipinski definition) is 7. The van der Waals surface area contributed by atoms with Crippen LogP contribution in [0.1, 0.15) is 5.56 Å². The first-order chi connectivity index (χ1) is 17.7. The number of para-hydroxylation sites is 1. The van der Waals surface area contributed by atoms with Gasteiger partial charge in [-0.1, -0.05) is 30.3 Å². The Balaban J connectivity index is 1.28. The van der Waals surface area contributed by atoms with Gasteiger partial charge in [0.15, 0.2) is 0 Å². The number of aromatic nitrogens is 1. The molecule has 5 rings (SSSR count). The van der Waals surface area contributed by atoms with E-state index < -0.39 is 0 Å². The van der Waals surface area contributed by atoms with Crippen molar-refractivity contribution >= 4 is 39.2 Å². The molecular weight excluding hydrogens is 472 g/mol. The first-order valence-corrected chi connectivity index (χ1v) is 12.8. The molecule has 3 heterocycles. The zero-order chi connectivity index (χ0) is 24.7. The van der Waals surface area contributed by atoms with Crippen LogP contribution < -0.4 is 15.8 Å². The Morgan fingerprint density at radius 2 is 1.86 bits per heavy atom. The van der Waals surface area contributed by atoms with Gasteiger partial charge in [-0.25, -0.2) is 4.98 Å². The molecule has 1 aliphatic rings. The Bertz CT molecular complexity index is 1350. The van der Waals surface area contributed by atoms with Crippen LogP contribution in [0.3, 0.4) is 0 Å². The monoisotopic (exact) mass is 500 g/mol. The van der Waals surface area contributed by atoms with Crippen molar-refractivity contribution in [3.8, 4) is 22.6 Å². The number of nitrogen functional groups attached to an aromatic ring is 1. The minimum absolute atomic E-state index is 0.126. The summed E-state index contributed by atoms with van der Waals surface area (Å²) in [6.45, 7) is 4.74. The number of nitrogens with one attached hydrogen (secondary N) is 1. The van der Waals surface area contributed by atoms with Crippen LogP contribution in [0.25, 0.3) is 27.3 Å². The number of hydrogen-bond donors (Lipinski definition) is 2. The summed E-state index contributed by atoms with van der Waals surface area (Å²) in [6, 6.07) is 17.6. The van der Waals surface area contributed by atoms with Crippen LogP contribution in [0.15, 0.2) is 72.3 Å². The second-order valence-electron chi connectivity index (χ2n) is 8.47. The first-order valence-electron chi connectivity index (χ1n) is 11.9. The molecule has 0 bridgehead atoms. The summed E-state index contributed by atoms with van der Waals surface area (Å²) >= 11 is 1.59. The predicted octanol–water partition coefficient (Wildman–Crippen LogP) is 4.80. The number of carbonyl (C=O) groups is 1. The lowest BCUT2D eigenvalue weighted by molar-refractivity contribution is -0.116. The van der Waals surface area contributed by atoms with Crippen LogP contribution in [0, 0.1) is 0 Å². The van der Waals surface area contributed by atoms with E-state index in [0.717, 1.165) is 71.1 Å². The molecule has 1 fully saturated rings. The van der Waals surface area contributed by atoms with E-state index in [1.165, 1.54) is 0 Å². The molecule has 0 aliphatic carbocycles. The molecule has 3 N–H and O–H groups in total. The number of fused-ring (bicyclic) bond motifs is 1. The van der Waals surface area contributed by atoms with Crippen molar-refractivity contribution in [2.45, 2.75) is 0 Å². The summed E-state index contributed by atoms with van der Waals surface area (Å²) in [6.07, 6.45) is 5.07. The van der Waals surface area contributed by atoms with E-state index >= 15 is 0 Å². The molecule has 7 nitrogen and oxygen atoms in total. The van der Waals surface area contributed by atoms with Gasteiger partial charge in [-0.15, -0.1) is 11.3 Å². The lowest BCUT2D eigenvalue weighted by atomic mass is 10.0. The van der Waals surface area contributed by atoms with Crippen LogP contribution in [0.5, 0.6) is 11.5 Å². The highest BCUT2D eigenvalue weighted by molar-refractivity contribution is 7.18. The number of amides is 1. The van der Waals surface area contributed by atoms with Gasteiger partial charge in [-0.05, 0) is 41.3 Å². The lowest BCUT2D eigenvalue weighted by Crippen LogP contribution is -2.41. The van der Waals surface area contributed by atoms with Crippen molar-refractivity contribution in [1.29, 1.82) is 0 Å². The van der Waals surface area contributed by atoms with E-state index in [1.54, 1.807) is 29.7 Å². The fourth-order valence-corrected chi connectivity index (χ4v) is 5.21. The Morgan fingerprint density at radius 3 is 2.64 bits per heavy atom. The zero-order valence-electron chi connectivity index (χ0n) is 19.9. The Labute approximate surface area is 214 Å². The predicted molar refractivity (Wildman–Crippen MR) is 145 cm³/mol. The van der Waals surface area contributed by atoms with E-state index in [1.807, 2.05) is 54.6 Å². The number of thiophene rings is 1. The van der Waals surface area contributed by atoms with Crippen molar-refractivity contribution in [3.63, 3.8) is 0 Å². The van der Waals surface area contributed by atoms with Crippen molar-refractivity contribution in [2.75, 3.05) is 45.1 Å². The van der Waals surface area contributed by atoms with Gasteiger partial charge >= 0.3 is 0 Å². The number of ether oxygens (including phenoxy) is 2.